The summed E-state index contributed by atoms with van der Waals surface area (Å²) in [7, 11) is 0. The van der Waals surface area contributed by atoms with Gasteiger partial charge < -0.3 is 9.64 Å². The number of hydrogen-bond acceptors (Lipinski definition) is 3. The number of likely N-dealkylation sites (tertiary alicyclic amines) is 1. The highest BCUT2D eigenvalue weighted by Gasteiger charge is 2.26. The van der Waals surface area contributed by atoms with Gasteiger partial charge in [0, 0.05) is 25.2 Å². The van der Waals surface area contributed by atoms with Gasteiger partial charge in [-0.1, -0.05) is 12.1 Å². The summed E-state index contributed by atoms with van der Waals surface area (Å²) < 4.78 is 5.70. The summed E-state index contributed by atoms with van der Waals surface area (Å²) in [6.07, 6.45) is 5.96. The van der Waals surface area contributed by atoms with Gasteiger partial charge in [0.25, 0.3) is 0 Å². The van der Waals surface area contributed by atoms with Crippen molar-refractivity contribution < 1.29 is 9.53 Å². The fourth-order valence-electron chi connectivity index (χ4n) is 1.86. The molecular weight excluding hydrogens is 216 g/mol. The molecule has 1 aromatic heterocycles. The van der Waals surface area contributed by atoms with E-state index in [4.69, 9.17) is 4.74 Å². The summed E-state index contributed by atoms with van der Waals surface area (Å²) in [6, 6.07) is 5.57. The van der Waals surface area contributed by atoms with Crippen LogP contribution in [-0.2, 0) is 4.79 Å². The van der Waals surface area contributed by atoms with Gasteiger partial charge in [0.1, 0.15) is 6.10 Å². The highest BCUT2D eigenvalue weighted by Crippen LogP contribution is 2.16. The Bertz CT molecular complexity index is 403. The molecule has 0 aliphatic carbocycles. The highest BCUT2D eigenvalue weighted by atomic mass is 16.5. The number of rotatable bonds is 3. The number of nitrogens with zero attached hydrogens (tertiary/aromatic N) is 2. The fraction of sp³-hybridized carbons (Fsp3) is 0.385. The summed E-state index contributed by atoms with van der Waals surface area (Å²) >= 11 is 0. The molecule has 2 rings (SSSR count). The summed E-state index contributed by atoms with van der Waals surface area (Å²) in [5, 5.41) is 0. The van der Waals surface area contributed by atoms with Gasteiger partial charge in [-0.05, 0) is 19.1 Å². The van der Waals surface area contributed by atoms with Crippen LogP contribution in [0.25, 0.3) is 0 Å². The Morgan fingerprint density at radius 2 is 2.47 bits per heavy atom. The predicted octanol–water partition coefficient (Wildman–Crippen LogP) is 1.64. The van der Waals surface area contributed by atoms with E-state index in [1.807, 2.05) is 25.1 Å². The maximum absolute atomic E-state index is 11.6. The van der Waals surface area contributed by atoms with Crippen LogP contribution >= 0.6 is 0 Å². The summed E-state index contributed by atoms with van der Waals surface area (Å²) in [5.74, 6) is 0.678. The van der Waals surface area contributed by atoms with E-state index >= 15 is 0 Å². The summed E-state index contributed by atoms with van der Waals surface area (Å²) in [4.78, 5) is 17.5. The molecule has 4 nitrogen and oxygen atoms in total. The quantitative estimate of drug-likeness (QED) is 0.744. The molecule has 2 heterocycles. The Labute approximate surface area is 101 Å². The SMILES string of the molecule is C/C=C/C(=O)N1CC[C@H](Oc2ccccn2)C1. The van der Waals surface area contributed by atoms with Gasteiger partial charge in [-0.25, -0.2) is 4.98 Å². The zero-order chi connectivity index (χ0) is 12.1. The molecule has 1 aliphatic rings. The molecule has 1 fully saturated rings. The number of carbonyl (C=O) groups excluding carboxylic acids is 1. The van der Waals surface area contributed by atoms with Crippen LogP contribution in [0.4, 0.5) is 0 Å². The first-order chi connectivity index (χ1) is 8.29. The van der Waals surface area contributed by atoms with Crippen LogP contribution in [0.3, 0.4) is 0 Å². The van der Waals surface area contributed by atoms with Crippen molar-refractivity contribution in [3.8, 4) is 5.88 Å². The largest absolute Gasteiger partial charge is 0.472 e. The molecule has 17 heavy (non-hydrogen) atoms. The van der Waals surface area contributed by atoms with E-state index < -0.39 is 0 Å². The molecular formula is C13H16N2O2. The molecule has 0 bridgehead atoms. The van der Waals surface area contributed by atoms with Crippen molar-refractivity contribution in [2.45, 2.75) is 19.4 Å². The predicted molar refractivity (Wildman–Crippen MR) is 64.7 cm³/mol. The van der Waals surface area contributed by atoms with E-state index in [1.165, 1.54) is 0 Å². The number of hydrogen-bond donors (Lipinski definition) is 0. The second-order valence-corrected chi connectivity index (χ2v) is 3.98. The second-order valence-electron chi connectivity index (χ2n) is 3.98. The van der Waals surface area contributed by atoms with Crippen molar-refractivity contribution in [2.24, 2.45) is 0 Å². The van der Waals surface area contributed by atoms with Crippen LogP contribution in [0.2, 0.25) is 0 Å². The van der Waals surface area contributed by atoms with Crippen molar-refractivity contribution in [2.75, 3.05) is 13.1 Å². The molecule has 0 saturated carbocycles. The first kappa shape index (κ1) is 11.6. The molecule has 1 amide bonds. The topological polar surface area (TPSA) is 42.4 Å². The van der Waals surface area contributed by atoms with Crippen LogP contribution in [0, 0.1) is 0 Å². The molecule has 1 aromatic rings. The fourth-order valence-corrected chi connectivity index (χ4v) is 1.86. The van der Waals surface area contributed by atoms with Gasteiger partial charge >= 0.3 is 0 Å². The number of ether oxygens (including phenoxy) is 1. The number of aromatic nitrogens is 1. The standard InChI is InChI=1S/C13H16N2O2/c1-2-5-13(16)15-9-7-11(10-15)17-12-6-3-4-8-14-12/h2-6,8,11H,7,9-10H2,1H3/b5-2+/t11-/m0/s1. The zero-order valence-electron chi connectivity index (χ0n) is 9.87. The van der Waals surface area contributed by atoms with Gasteiger partial charge in [0.2, 0.25) is 11.8 Å². The lowest BCUT2D eigenvalue weighted by Gasteiger charge is -2.15. The van der Waals surface area contributed by atoms with Gasteiger partial charge in [0.15, 0.2) is 0 Å². The molecule has 1 saturated heterocycles. The Balaban J connectivity index is 1.88. The van der Waals surface area contributed by atoms with Crippen molar-refractivity contribution in [3.05, 3.63) is 36.5 Å². The Morgan fingerprint density at radius 1 is 1.59 bits per heavy atom. The average Bonchev–Trinajstić information content (AvgIpc) is 2.79. The van der Waals surface area contributed by atoms with Crippen molar-refractivity contribution in [1.29, 1.82) is 0 Å². The number of allylic oxidation sites excluding steroid dienone is 1. The molecule has 1 aliphatic heterocycles. The molecule has 0 N–H and O–H groups in total. The van der Waals surface area contributed by atoms with Crippen LogP contribution in [-0.4, -0.2) is 35.0 Å². The molecule has 1 atom stereocenters. The number of pyridine rings is 1. The van der Waals surface area contributed by atoms with E-state index in [-0.39, 0.29) is 12.0 Å². The maximum Gasteiger partial charge on any atom is 0.246 e. The van der Waals surface area contributed by atoms with Crippen molar-refractivity contribution in [3.63, 3.8) is 0 Å². The molecule has 4 heteroatoms. The van der Waals surface area contributed by atoms with E-state index in [0.29, 0.717) is 12.4 Å². The lowest BCUT2D eigenvalue weighted by molar-refractivity contribution is -0.125. The molecule has 0 radical (unpaired) electrons. The molecule has 0 spiro atoms. The molecule has 0 aromatic carbocycles. The van der Waals surface area contributed by atoms with E-state index in [2.05, 4.69) is 4.98 Å². The second kappa shape index (κ2) is 5.48. The smallest absolute Gasteiger partial charge is 0.246 e. The Hall–Kier alpha value is -1.84. The number of carbonyl (C=O) groups is 1. The molecule has 0 unspecified atom stereocenters. The van der Waals surface area contributed by atoms with E-state index in [1.54, 1.807) is 23.2 Å². The van der Waals surface area contributed by atoms with Gasteiger partial charge in [-0.2, -0.15) is 0 Å². The number of amides is 1. The monoisotopic (exact) mass is 232 g/mol. The first-order valence-electron chi connectivity index (χ1n) is 5.79. The third-order valence-electron chi connectivity index (χ3n) is 2.69. The first-order valence-corrected chi connectivity index (χ1v) is 5.79. The van der Waals surface area contributed by atoms with Gasteiger partial charge in [-0.3, -0.25) is 4.79 Å². The average molecular weight is 232 g/mol. The third-order valence-corrected chi connectivity index (χ3v) is 2.69. The van der Waals surface area contributed by atoms with Crippen molar-refractivity contribution >= 4 is 5.91 Å². The normalized spacial score (nSPS) is 19.8. The minimum absolute atomic E-state index is 0.0547. The Kier molecular flexibility index (Phi) is 3.75. The van der Waals surface area contributed by atoms with Crippen LogP contribution in [0.15, 0.2) is 36.5 Å². The lowest BCUT2D eigenvalue weighted by Crippen LogP contribution is -2.29. The highest BCUT2D eigenvalue weighted by molar-refractivity contribution is 5.87. The minimum atomic E-state index is 0.0547. The lowest BCUT2D eigenvalue weighted by atomic mass is 10.3. The maximum atomic E-state index is 11.6. The van der Waals surface area contributed by atoms with Gasteiger partial charge in [0.05, 0.1) is 6.54 Å². The minimum Gasteiger partial charge on any atom is -0.472 e. The summed E-state index contributed by atoms with van der Waals surface area (Å²) in [5.41, 5.74) is 0. The zero-order valence-corrected chi connectivity index (χ0v) is 9.87. The summed E-state index contributed by atoms with van der Waals surface area (Å²) in [6.45, 7) is 3.23. The third kappa shape index (κ3) is 3.06. The Morgan fingerprint density at radius 3 is 3.18 bits per heavy atom. The van der Waals surface area contributed by atoms with Crippen LogP contribution in [0.1, 0.15) is 13.3 Å². The molecule has 90 valence electrons. The van der Waals surface area contributed by atoms with E-state index in [0.717, 1.165) is 13.0 Å². The van der Waals surface area contributed by atoms with Crippen molar-refractivity contribution in [1.82, 2.24) is 9.88 Å². The van der Waals surface area contributed by atoms with E-state index in [9.17, 15) is 4.79 Å². The van der Waals surface area contributed by atoms with Crippen LogP contribution < -0.4 is 4.74 Å². The van der Waals surface area contributed by atoms with Gasteiger partial charge in [-0.15, -0.1) is 0 Å². The van der Waals surface area contributed by atoms with Crippen LogP contribution in [0.5, 0.6) is 5.88 Å².